The summed E-state index contributed by atoms with van der Waals surface area (Å²) in [4.78, 5) is 40.5. The molecular formula is C25H20N4O5S2. The van der Waals surface area contributed by atoms with E-state index in [9.17, 15) is 19.7 Å². The number of nitrogens with one attached hydrogen (secondary N) is 2. The van der Waals surface area contributed by atoms with Gasteiger partial charge in [-0.15, -0.1) is 23.1 Å². The van der Waals surface area contributed by atoms with Gasteiger partial charge in [0.25, 0.3) is 11.6 Å². The summed E-state index contributed by atoms with van der Waals surface area (Å²) in [6, 6.07) is 20.0. The molecule has 0 aliphatic carbocycles. The molecule has 0 bridgehead atoms. The molecule has 4 aromatic rings. The predicted molar refractivity (Wildman–Crippen MR) is 141 cm³/mol. The minimum atomic E-state index is -0.521. The average molecular weight is 521 g/mol. The third kappa shape index (κ3) is 6.26. The first kappa shape index (κ1) is 24.9. The van der Waals surface area contributed by atoms with E-state index in [0.29, 0.717) is 22.1 Å². The van der Waals surface area contributed by atoms with E-state index in [4.69, 9.17) is 4.74 Å². The van der Waals surface area contributed by atoms with Gasteiger partial charge >= 0.3 is 0 Å². The fourth-order valence-corrected chi connectivity index (χ4v) is 4.70. The molecular weight excluding hydrogens is 500 g/mol. The van der Waals surface area contributed by atoms with Gasteiger partial charge in [0.1, 0.15) is 5.75 Å². The number of methoxy groups -OCH3 is 1. The van der Waals surface area contributed by atoms with Crippen LogP contribution in [-0.4, -0.2) is 34.6 Å². The van der Waals surface area contributed by atoms with E-state index in [-0.39, 0.29) is 23.3 Å². The number of carbonyl (C=O) groups excluding carboxylic acids is 2. The SMILES string of the molecule is COc1ccccc1-c1csc(NC(=O)CSc2cccc(NC(=O)c3ccc([N+](=O)[O-])cc3)c2)n1. The molecule has 36 heavy (non-hydrogen) atoms. The zero-order chi connectivity index (χ0) is 25.5. The van der Waals surface area contributed by atoms with Crippen molar-refractivity contribution in [2.75, 3.05) is 23.5 Å². The van der Waals surface area contributed by atoms with Crippen molar-refractivity contribution >= 4 is 51.4 Å². The molecule has 1 heterocycles. The van der Waals surface area contributed by atoms with E-state index in [1.54, 1.807) is 25.3 Å². The summed E-state index contributed by atoms with van der Waals surface area (Å²) < 4.78 is 5.37. The zero-order valence-corrected chi connectivity index (χ0v) is 20.6. The zero-order valence-electron chi connectivity index (χ0n) is 19.0. The van der Waals surface area contributed by atoms with Crippen LogP contribution in [0.5, 0.6) is 5.75 Å². The molecule has 3 aromatic carbocycles. The highest BCUT2D eigenvalue weighted by molar-refractivity contribution is 8.00. The van der Waals surface area contributed by atoms with Gasteiger partial charge in [0, 0.05) is 39.2 Å². The smallest absolute Gasteiger partial charge is 0.269 e. The number of nitro groups is 1. The number of hydrogen-bond acceptors (Lipinski definition) is 8. The monoisotopic (exact) mass is 520 g/mol. The van der Waals surface area contributed by atoms with Crippen molar-refractivity contribution in [1.82, 2.24) is 4.98 Å². The van der Waals surface area contributed by atoms with Crippen LogP contribution in [0, 0.1) is 10.1 Å². The second kappa shape index (κ2) is 11.5. The van der Waals surface area contributed by atoms with Crippen LogP contribution < -0.4 is 15.4 Å². The fraction of sp³-hybridized carbons (Fsp3) is 0.0800. The molecule has 2 amide bonds. The summed E-state index contributed by atoms with van der Waals surface area (Å²) in [6.07, 6.45) is 0. The summed E-state index contributed by atoms with van der Waals surface area (Å²) in [7, 11) is 1.60. The van der Waals surface area contributed by atoms with Crippen LogP contribution in [0.15, 0.2) is 83.1 Å². The molecule has 0 atom stereocenters. The lowest BCUT2D eigenvalue weighted by Crippen LogP contribution is -2.14. The number of ether oxygens (including phenoxy) is 1. The van der Waals surface area contributed by atoms with Crippen LogP contribution in [0.1, 0.15) is 10.4 Å². The molecule has 0 unspecified atom stereocenters. The summed E-state index contributed by atoms with van der Waals surface area (Å²) in [5.41, 5.74) is 2.33. The Morgan fingerprint density at radius 3 is 2.58 bits per heavy atom. The fourth-order valence-electron chi connectivity index (χ4n) is 3.22. The van der Waals surface area contributed by atoms with Crippen molar-refractivity contribution in [1.29, 1.82) is 0 Å². The first-order valence-electron chi connectivity index (χ1n) is 10.6. The van der Waals surface area contributed by atoms with Gasteiger partial charge in [-0.2, -0.15) is 0 Å². The Bertz CT molecular complexity index is 1410. The van der Waals surface area contributed by atoms with Gasteiger partial charge in [-0.25, -0.2) is 4.98 Å². The Labute approximate surface area is 214 Å². The maximum atomic E-state index is 12.5. The van der Waals surface area contributed by atoms with Gasteiger partial charge in [-0.1, -0.05) is 18.2 Å². The largest absolute Gasteiger partial charge is 0.496 e. The molecule has 0 aliphatic heterocycles. The highest BCUT2D eigenvalue weighted by atomic mass is 32.2. The number of nitro benzene ring substituents is 1. The number of anilines is 2. The minimum Gasteiger partial charge on any atom is -0.496 e. The molecule has 2 N–H and O–H groups in total. The van der Waals surface area contributed by atoms with E-state index in [0.717, 1.165) is 16.2 Å². The van der Waals surface area contributed by atoms with Crippen LogP contribution >= 0.6 is 23.1 Å². The summed E-state index contributed by atoms with van der Waals surface area (Å²) in [5, 5.41) is 18.7. The van der Waals surface area contributed by atoms with Gasteiger partial charge < -0.3 is 15.4 Å². The highest BCUT2D eigenvalue weighted by Crippen LogP contribution is 2.32. The first-order valence-corrected chi connectivity index (χ1v) is 12.5. The molecule has 11 heteroatoms. The Balaban J connectivity index is 1.32. The Kier molecular flexibility index (Phi) is 7.93. The van der Waals surface area contributed by atoms with Crippen LogP contribution in [0.25, 0.3) is 11.3 Å². The normalized spacial score (nSPS) is 10.5. The van der Waals surface area contributed by atoms with E-state index < -0.39 is 4.92 Å². The second-order valence-electron chi connectivity index (χ2n) is 7.36. The topological polar surface area (TPSA) is 123 Å². The van der Waals surface area contributed by atoms with Crippen molar-refractivity contribution in [3.63, 3.8) is 0 Å². The number of nitrogens with zero attached hydrogens (tertiary/aromatic N) is 2. The van der Waals surface area contributed by atoms with E-state index in [1.165, 1.54) is 47.4 Å². The van der Waals surface area contributed by atoms with Crippen LogP contribution in [0.4, 0.5) is 16.5 Å². The lowest BCUT2D eigenvalue weighted by atomic mass is 10.1. The molecule has 1 aromatic heterocycles. The van der Waals surface area contributed by atoms with Gasteiger partial charge in [-0.05, 0) is 42.5 Å². The van der Waals surface area contributed by atoms with Gasteiger partial charge in [0.2, 0.25) is 5.91 Å². The molecule has 0 fully saturated rings. The molecule has 182 valence electrons. The number of non-ortho nitro benzene ring substituents is 1. The molecule has 9 nitrogen and oxygen atoms in total. The third-order valence-corrected chi connectivity index (χ3v) is 6.69. The van der Waals surface area contributed by atoms with Gasteiger partial charge in [0.15, 0.2) is 5.13 Å². The highest BCUT2D eigenvalue weighted by Gasteiger charge is 2.13. The van der Waals surface area contributed by atoms with Crippen molar-refractivity contribution in [3.8, 4) is 17.0 Å². The number of carbonyl (C=O) groups is 2. The average Bonchev–Trinajstić information content (AvgIpc) is 3.36. The van der Waals surface area contributed by atoms with Crippen molar-refractivity contribution < 1.29 is 19.2 Å². The number of benzene rings is 3. The molecule has 0 radical (unpaired) electrons. The number of amides is 2. The molecule has 0 aliphatic rings. The lowest BCUT2D eigenvalue weighted by molar-refractivity contribution is -0.384. The second-order valence-corrected chi connectivity index (χ2v) is 9.27. The Hall–Kier alpha value is -4.22. The standard InChI is InChI=1S/C25H20N4O5S2/c1-34-22-8-3-2-7-20(22)21-14-36-25(27-21)28-23(30)15-35-19-6-4-5-17(13-19)26-24(31)16-9-11-18(12-10-16)29(32)33/h2-14H,15H2,1H3,(H,26,31)(H,27,28,30). The van der Waals surface area contributed by atoms with Gasteiger partial charge in [0.05, 0.1) is 23.5 Å². The number of thiazole rings is 1. The Morgan fingerprint density at radius 1 is 1.06 bits per heavy atom. The van der Waals surface area contributed by atoms with Crippen LogP contribution in [0.2, 0.25) is 0 Å². The summed E-state index contributed by atoms with van der Waals surface area (Å²) in [6.45, 7) is 0. The maximum Gasteiger partial charge on any atom is 0.269 e. The number of rotatable bonds is 9. The van der Waals surface area contributed by atoms with E-state index in [2.05, 4.69) is 15.6 Å². The maximum absolute atomic E-state index is 12.5. The third-order valence-electron chi connectivity index (χ3n) is 4.94. The quantitative estimate of drug-likeness (QED) is 0.165. The van der Waals surface area contributed by atoms with Crippen LogP contribution in [0.3, 0.4) is 0 Å². The molecule has 0 saturated carbocycles. The minimum absolute atomic E-state index is 0.0861. The van der Waals surface area contributed by atoms with Crippen LogP contribution in [-0.2, 0) is 4.79 Å². The molecule has 0 spiro atoms. The number of hydrogen-bond donors (Lipinski definition) is 2. The molecule has 0 saturated heterocycles. The van der Waals surface area contributed by atoms with Crippen molar-refractivity contribution in [2.45, 2.75) is 4.90 Å². The van der Waals surface area contributed by atoms with Crippen molar-refractivity contribution in [2.24, 2.45) is 0 Å². The summed E-state index contributed by atoms with van der Waals surface area (Å²) in [5.74, 6) is 0.265. The number of thioether (sulfide) groups is 1. The molecule has 4 rings (SSSR count). The van der Waals surface area contributed by atoms with E-state index >= 15 is 0 Å². The Morgan fingerprint density at radius 2 is 1.83 bits per heavy atom. The predicted octanol–water partition coefficient (Wildman–Crippen LogP) is 5.71. The summed E-state index contributed by atoms with van der Waals surface area (Å²) >= 11 is 2.65. The van der Waals surface area contributed by atoms with E-state index in [1.807, 2.05) is 35.7 Å². The number of aromatic nitrogens is 1. The number of para-hydroxylation sites is 1. The first-order chi connectivity index (χ1) is 17.4. The van der Waals surface area contributed by atoms with Gasteiger partial charge in [-0.3, -0.25) is 19.7 Å². The van der Waals surface area contributed by atoms with Crippen molar-refractivity contribution in [3.05, 3.63) is 93.9 Å². The lowest BCUT2D eigenvalue weighted by Gasteiger charge is -2.08.